The summed E-state index contributed by atoms with van der Waals surface area (Å²) in [6.07, 6.45) is 3.09. The van der Waals surface area contributed by atoms with Gasteiger partial charge in [0, 0.05) is 5.69 Å². The van der Waals surface area contributed by atoms with Crippen LogP contribution in [-0.4, -0.2) is 9.97 Å². The molecule has 0 radical (unpaired) electrons. The van der Waals surface area contributed by atoms with Crippen LogP contribution in [0.1, 0.15) is 23.2 Å². The molecular weight excluding hydrogens is 292 g/mol. The smallest absolute Gasteiger partial charge is 0.229 e. The lowest BCUT2D eigenvalue weighted by Gasteiger charge is -2.12. The van der Waals surface area contributed by atoms with Crippen LogP contribution in [0.4, 0.5) is 0 Å². The third-order valence-corrected chi connectivity index (χ3v) is 3.86. The number of pyridine rings is 1. The van der Waals surface area contributed by atoms with Crippen LogP contribution in [0.25, 0.3) is 0 Å². The first-order valence-corrected chi connectivity index (χ1v) is 7.19. The number of ether oxygens (including phenoxy) is 1. The number of aromatic nitrogens is 1. The third-order valence-electron chi connectivity index (χ3n) is 3.32. The first-order chi connectivity index (χ1) is 9.65. The Morgan fingerprint density at radius 2 is 2.10 bits per heavy atom. The highest BCUT2D eigenvalue weighted by Gasteiger charge is 2.19. The Morgan fingerprint density at radius 1 is 1.30 bits per heavy atom. The van der Waals surface area contributed by atoms with E-state index in [0.717, 1.165) is 25.0 Å². The summed E-state index contributed by atoms with van der Waals surface area (Å²) in [7, 11) is 0. The fourth-order valence-electron chi connectivity index (χ4n) is 2.34. The van der Waals surface area contributed by atoms with Gasteiger partial charge in [0.25, 0.3) is 0 Å². The van der Waals surface area contributed by atoms with Gasteiger partial charge >= 0.3 is 0 Å². The lowest BCUT2D eigenvalue weighted by molar-refractivity contribution is 0.460. The van der Waals surface area contributed by atoms with E-state index in [1.807, 2.05) is 18.2 Å². The monoisotopic (exact) mass is 304 g/mol. The van der Waals surface area contributed by atoms with Crippen molar-refractivity contribution in [2.24, 2.45) is 5.73 Å². The van der Waals surface area contributed by atoms with Crippen molar-refractivity contribution in [3.05, 3.63) is 52.2 Å². The normalized spacial score (nSPS) is 13.1. The Morgan fingerprint density at radius 3 is 2.85 bits per heavy atom. The third kappa shape index (κ3) is 2.49. The first-order valence-electron chi connectivity index (χ1n) is 6.40. The molecule has 1 aromatic heterocycles. The quantitative estimate of drug-likeness (QED) is 0.879. The highest BCUT2D eigenvalue weighted by Crippen LogP contribution is 2.32. The standard InChI is InChI=1S/C15H13ClN2OS/c16-11-5-1-2-7-13(11)19-15-10(14(17)20)8-9-4-3-6-12(9)18-15/h1-2,5,7-8H,3-4,6H2,(H2,17,20). The number of nitrogens with two attached hydrogens (primary N) is 1. The van der Waals surface area contributed by atoms with Crippen molar-refractivity contribution in [1.29, 1.82) is 0 Å². The van der Waals surface area contributed by atoms with Crippen LogP contribution in [0.15, 0.2) is 30.3 Å². The van der Waals surface area contributed by atoms with Crippen molar-refractivity contribution in [2.45, 2.75) is 19.3 Å². The number of fused-ring (bicyclic) bond motifs is 1. The summed E-state index contributed by atoms with van der Waals surface area (Å²) in [6.45, 7) is 0. The average Bonchev–Trinajstić information content (AvgIpc) is 2.87. The molecule has 0 bridgehead atoms. The van der Waals surface area contributed by atoms with E-state index in [1.165, 1.54) is 5.56 Å². The van der Waals surface area contributed by atoms with E-state index in [1.54, 1.807) is 12.1 Å². The summed E-state index contributed by atoms with van der Waals surface area (Å²) in [5.74, 6) is 0.989. The predicted molar refractivity (Wildman–Crippen MR) is 83.7 cm³/mol. The zero-order valence-corrected chi connectivity index (χ0v) is 12.3. The van der Waals surface area contributed by atoms with E-state index < -0.39 is 0 Å². The van der Waals surface area contributed by atoms with E-state index in [0.29, 0.717) is 22.2 Å². The molecule has 1 aliphatic carbocycles. The fourth-order valence-corrected chi connectivity index (χ4v) is 2.66. The van der Waals surface area contributed by atoms with Crippen molar-refractivity contribution >= 4 is 28.8 Å². The summed E-state index contributed by atoms with van der Waals surface area (Å²) >= 11 is 11.2. The van der Waals surface area contributed by atoms with Crippen LogP contribution in [0.5, 0.6) is 11.6 Å². The van der Waals surface area contributed by atoms with Gasteiger partial charge in [-0.3, -0.25) is 0 Å². The number of rotatable bonds is 3. The molecule has 1 heterocycles. The minimum absolute atomic E-state index is 0.286. The van der Waals surface area contributed by atoms with Crippen molar-refractivity contribution in [3.8, 4) is 11.6 Å². The number of hydrogen-bond donors (Lipinski definition) is 1. The van der Waals surface area contributed by atoms with Gasteiger partial charge < -0.3 is 10.5 Å². The Labute approximate surface area is 127 Å². The lowest BCUT2D eigenvalue weighted by Crippen LogP contribution is -2.13. The van der Waals surface area contributed by atoms with Crippen molar-refractivity contribution in [3.63, 3.8) is 0 Å². The van der Waals surface area contributed by atoms with Gasteiger partial charge in [-0.2, -0.15) is 0 Å². The Kier molecular flexibility index (Phi) is 3.59. The number of nitrogens with zero attached hydrogens (tertiary/aromatic N) is 1. The van der Waals surface area contributed by atoms with Gasteiger partial charge in [-0.15, -0.1) is 0 Å². The minimum atomic E-state index is 0.286. The number of hydrogen-bond acceptors (Lipinski definition) is 3. The van der Waals surface area contributed by atoms with E-state index in [9.17, 15) is 0 Å². The summed E-state index contributed by atoms with van der Waals surface area (Å²) in [4.78, 5) is 4.85. The molecule has 0 saturated heterocycles. The summed E-state index contributed by atoms with van der Waals surface area (Å²) in [6, 6.07) is 9.25. The maximum Gasteiger partial charge on any atom is 0.229 e. The molecule has 0 atom stereocenters. The molecule has 0 saturated carbocycles. The zero-order valence-electron chi connectivity index (χ0n) is 10.7. The first kappa shape index (κ1) is 13.3. The van der Waals surface area contributed by atoms with Gasteiger partial charge in [0.15, 0.2) is 0 Å². The molecule has 0 aliphatic heterocycles. The van der Waals surface area contributed by atoms with Gasteiger partial charge in [-0.05, 0) is 43.0 Å². The molecule has 0 amide bonds. The predicted octanol–water partition coefficient (Wildman–Crippen LogP) is 3.65. The van der Waals surface area contributed by atoms with Gasteiger partial charge in [-0.1, -0.05) is 36.0 Å². The van der Waals surface area contributed by atoms with Crippen molar-refractivity contribution in [2.75, 3.05) is 0 Å². The van der Waals surface area contributed by atoms with Crippen LogP contribution in [0, 0.1) is 0 Å². The summed E-state index contributed by atoms with van der Waals surface area (Å²) < 4.78 is 5.82. The number of benzene rings is 1. The Hall–Kier alpha value is -1.65. The van der Waals surface area contributed by atoms with Crippen molar-refractivity contribution in [1.82, 2.24) is 4.98 Å². The molecule has 102 valence electrons. The summed E-state index contributed by atoms with van der Waals surface area (Å²) in [5.41, 5.74) is 8.72. The van der Waals surface area contributed by atoms with Gasteiger partial charge in [0.05, 0.1) is 10.6 Å². The second-order valence-corrected chi connectivity index (χ2v) is 5.54. The van der Waals surface area contributed by atoms with E-state index in [4.69, 9.17) is 34.3 Å². The second-order valence-electron chi connectivity index (χ2n) is 4.70. The molecule has 1 aliphatic rings. The largest absolute Gasteiger partial charge is 0.437 e. The highest BCUT2D eigenvalue weighted by atomic mass is 35.5. The molecule has 2 aromatic rings. The SMILES string of the molecule is NC(=S)c1cc2c(nc1Oc1ccccc1Cl)CCC2. The molecule has 3 rings (SSSR count). The second kappa shape index (κ2) is 5.38. The molecule has 0 fully saturated rings. The Bertz CT molecular complexity index is 688. The number of para-hydroxylation sites is 1. The van der Waals surface area contributed by atoms with Gasteiger partial charge in [-0.25, -0.2) is 4.98 Å². The fraction of sp³-hybridized carbons (Fsp3) is 0.200. The molecule has 0 unspecified atom stereocenters. The zero-order chi connectivity index (χ0) is 14.1. The van der Waals surface area contributed by atoms with Crippen LogP contribution >= 0.6 is 23.8 Å². The lowest BCUT2D eigenvalue weighted by atomic mass is 10.1. The van der Waals surface area contributed by atoms with Crippen LogP contribution in [0.2, 0.25) is 5.02 Å². The van der Waals surface area contributed by atoms with Crippen LogP contribution < -0.4 is 10.5 Å². The number of aryl methyl sites for hydroxylation is 2. The van der Waals surface area contributed by atoms with E-state index in [-0.39, 0.29) is 4.99 Å². The van der Waals surface area contributed by atoms with E-state index in [2.05, 4.69) is 4.98 Å². The van der Waals surface area contributed by atoms with Crippen LogP contribution in [0.3, 0.4) is 0 Å². The van der Waals surface area contributed by atoms with Crippen LogP contribution in [-0.2, 0) is 12.8 Å². The minimum Gasteiger partial charge on any atom is -0.437 e. The molecule has 5 heteroatoms. The van der Waals surface area contributed by atoms with E-state index >= 15 is 0 Å². The van der Waals surface area contributed by atoms with Gasteiger partial charge in [0.2, 0.25) is 5.88 Å². The molecule has 20 heavy (non-hydrogen) atoms. The summed E-state index contributed by atoms with van der Waals surface area (Å²) in [5, 5.41) is 0.531. The number of halogens is 1. The molecule has 2 N–H and O–H groups in total. The number of thiocarbonyl (C=S) groups is 1. The van der Waals surface area contributed by atoms with Crippen molar-refractivity contribution < 1.29 is 4.74 Å². The highest BCUT2D eigenvalue weighted by molar-refractivity contribution is 7.80. The topological polar surface area (TPSA) is 48.1 Å². The molecule has 3 nitrogen and oxygen atoms in total. The molecule has 1 aromatic carbocycles. The molecule has 0 spiro atoms. The van der Waals surface area contributed by atoms with Gasteiger partial charge in [0.1, 0.15) is 10.7 Å². The average molecular weight is 305 g/mol. The maximum absolute atomic E-state index is 6.11. The molecular formula is C15H13ClN2OS. The maximum atomic E-state index is 6.11. The Balaban J connectivity index is 2.04.